The van der Waals surface area contributed by atoms with Crippen LogP contribution in [0, 0.1) is 6.92 Å². The lowest BCUT2D eigenvalue weighted by molar-refractivity contribution is 0.372. The maximum atomic E-state index is 4.57. The molecule has 0 aliphatic heterocycles. The molecular weight excluding hydrogens is 264 g/mol. The molecular formula is C17H22N2S. The Balaban J connectivity index is 1.63. The molecule has 3 rings (SSSR count). The minimum Gasteiger partial charge on any atom is -0.308 e. The van der Waals surface area contributed by atoms with Crippen LogP contribution in [0.25, 0.3) is 10.4 Å². The Morgan fingerprint density at radius 2 is 2.00 bits per heavy atom. The van der Waals surface area contributed by atoms with Crippen molar-refractivity contribution in [1.82, 2.24) is 10.3 Å². The Kier molecular flexibility index (Phi) is 4.48. The van der Waals surface area contributed by atoms with E-state index in [4.69, 9.17) is 0 Å². The van der Waals surface area contributed by atoms with Crippen LogP contribution < -0.4 is 5.32 Å². The van der Waals surface area contributed by atoms with Crippen molar-refractivity contribution in [3.63, 3.8) is 0 Å². The lowest BCUT2D eigenvalue weighted by Crippen LogP contribution is -2.30. The van der Waals surface area contributed by atoms with Gasteiger partial charge in [-0.1, -0.05) is 43.5 Å². The average molecular weight is 286 g/mol. The molecule has 106 valence electrons. The Bertz CT molecular complexity index is 556. The van der Waals surface area contributed by atoms with Gasteiger partial charge in [0.05, 0.1) is 4.88 Å². The SMILES string of the molecule is Cc1ccccc1-c1cnc(CNC2CCCCC2)s1. The molecule has 1 aromatic carbocycles. The first-order chi connectivity index (χ1) is 9.83. The van der Waals surface area contributed by atoms with E-state index in [0.717, 1.165) is 6.54 Å². The summed E-state index contributed by atoms with van der Waals surface area (Å²) in [6, 6.07) is 9.23. The second-order valence-corrected chi connectivity index (χ2v) is 6.76. The number of thiazole rings is 1. The fraction of sp³-hybridized carbons (Fsp3) is 0.471. The molecule has 1 saturated carbocycles. The monoisotopic (exact) mass is 286 g/mol. The van der Waals surface area contributed by atoms with Gasteiger partial charge < -0.3 is 5.32 Å². The standard InChI is InChI=1S/C17H22N2S/c1-13-7-5-6-10-15(13)16-11-19-17(20-16)12-18-14-8-3-2-4-9-14/h5-7,10-11,14,18H,2-4,8-9,12H2,1H3. The molecule has 1 fully saturated rings. The van der Waals surface area contributed by atoms with Crippen molar-refractivity contribution >= 4 is 11.3 Å². The number of nitrogens with zero attached hydrogens (tertiary/aromatic N) is 1. The lowest BCUT2D eigenvalue weighted by atomic mass is 9.96. The van der Waals surface area contributed by atoms with Crippen molar-refractivity contribution in [2.45, 2.75) is 51.6 Å². The van der Waals surface area contributed by atoms with Crippen molar-refractivity contribution < 1.29 is 0 Å². The first-order valence-corrected chi connectivity index (χ1v) is 8.38. The van der Waals surface area contributed by atoms with E-state index in [1.807, 2.05) is 17.5 Å². The smallest absolute Gasteiger partial charge is 0.107 e. The molecule has 0 atom stereocenters. The summed E-state index contributed by atoms with van der Waals surface area (Å²) in [4.78, 5) is 5.86. The highest BCUT2D eigenvalue weighted by atomic mass is 32.1. The summed E-state index contributed by atoms with van der Waals surface area (Å²) >= 11 is 1.82. The molecule has 0 spiro atoms. The summed E-state index contributed by atoms with van der Waals surface area (Å²) in [5.41, 5.74) is 2.64. The van der Waals surface area contributed by atoms with Crippen LogP contribution in [0.1, 0.15) is 42.7 Å². The number of hydrogen-bond donors (Lipinski definition) is 1. The minimum absolute atomic E-state index is 0.703. The van der Waals surface area contributed by atoms with Crippen LogP contribution in [0.2, 0.25) is 0 Å². The molecule has 20 heavy (non-hydrogen) atoms. The molecule has 3 heteroatoms. The molecule has 2 aromatic rings. The number of rotatable bonds is 4. The van der Waals surface area contributed by atoms with Gasteiger partial charge in [0.25, 0.3) is 0 Å². The van der Waals surface area contributed by atoms with Crippen LogP contribution in [0.3, 0.4) is 0 Å². The minimum atomic E-state index is 0.703. The predicted octanol–water partition coefficient (Wildman–Crippen LogP) is 4.54. The van der Waals surface area contributed by atoms with Crippen molar-refractivity contribution in [3.05, 3.63) is 41.0 Å². The van der Waals surface area contributed by atoms with Crippen LogP contribution in [-0.4, -0.2) is 11.0 Å². The van der Waals surface area contributed by atoms with E-state index in [9.17, 15) is 0 Å². The summed E-state index contributed by atoms with van der Waals surface area (Å²) < 4.78 is 0. The van der Waals surface area contributed by atoms with Crippen LogP contribution in [0.15, 0.2) is 30.5 Å². The van der Waals surface area contributed by atoms with E-state index in [-0.39, 0.29) is 0 Å². The van der Waals surface area contributed by atoms with Crippen LogP contribution in [0.5, 0.6) is 0 Å². The van der Waals surface area contributed by atoms with Crippen molar-refractivity contribution in [3.8, 4) is 10.4 Å². The number of hydrogen-bond acceptors (Lipinski definition) is 3. The number of aromatic nitrogens is 1. The van der Waals surface area contributed by atoms with E-state index < -0.39 is 0 Å². The lowest BCUT2D eigenvalue weighted by Gasteiger charge is -2.22. The van der Waals surface area contributed by atoms with Gasteiger partial charge in [-0.2, -0.15) is 0 Å². The fourth-order valence-electron chi connectivity index (χ4n) is 2.90. The molecule has 0 saturated heterocycles. The predicted molar refractivity (Wildman–Crippen MR) is 86.0 cm³/mol. The van der Waals surface area contributed by atoms with Gasteiger partial charge in [0.15, 0.2) is 0 Å². The Hall–Kier alpha value is -1.19. The molecule has 0 bridgehead atoms. The Morgan fingerprint density at radius 1 is 1.20 bits per heavy atom. The molecule has 1 aliphatic rings. The molecule has 1 heterocycles. The molecule has 1 aliphatic carbocycles. The summed E-state index contributed by atoms with van der Waals surface area (Å²) in [5, 5.41) is 4.87. The van der Waals surface area contributed by atoms with Gasteiger partial charge in [-0.3, -0.25) is 0 Å². The van der Waals surface area contributed by atoms with Crippen molar-refractivity contribution in [1.29, 1.82) is 0 Å². The van der Waals surface area contributed by atoms with Crippen LogP contribution >= 0.6 is 11.3 Å². The average Bonchev–Trinajstić information content (AvgIpc) is 2.95. The zero-order valence-corrected chi connectivity index (χ0v) is 12.9. The van der Waals surface area contributed by atoms with E-state index in [0.29, 0.717) is 6.04 Å². The molecule has 2 nitrogen and oxygen atoms in total. The van der Waals surface area contributed by atoms with Gasteiger partial charge in [0.2, 0.25) is 0 Å². The van der Waals surface area contributed by atoms with E-state index in [1.54, 1.807) is 0 Å². The molecule has 1 N–H and O–H groups in total. The highest BCUT2D eigenvalue weighted by Crippen LogP contribution is 2.28. The highest BCUT2D eigenvalue weighted by molar-refractivity contribution is 7.15. The zero-order valence-electron chi connectivity index (χ0n) is 12.1. The Morgan fingerprint density at radius 3 is 2.80 bits per heavy atom. The second kappa shape index (κ2) is 6.51. The van der Waals surface area contributed by atoms with Gasteiger partial charge in [-0.15, -0.1) is 11.3 Å². The summed E-state index contributed by atoms with van der Waals surface area (Å²) in [6.45, 7) is 3.08. The van der Waals surface area contributed by atoms with Gasteiger partial charge in [0.1, 0.15) is 5.01 Å². The molecule has 0 unspecified atom stereocenters. The number of nitrogens with one attached hydrogen (secondary N) is 1. The van der Waals surface area contributed by atoms with Gasteiger partial charge in [-0.05, 0) is 30.9 Å². The maximum Gasteiger partial charge on any atom is 0.107 e. The molecule has 0 amide bonds. The summed E-state index contributed by atoms with van der Waals surface area (Å²) in [7, 11) is 0. The molecule has 0 radical (unpaired) electrons. The van der Waals surface area contributed by atoms with Crippen LogP contribution in [-0.2, 0) is 6.54 Å². The van der Waals surface area contributed by atoms with E-state index >= 15 is 0 Å². The first-order valence-electron chi connectivity index (χ1n) is 7.57. The fourth-order valence-corrected chi connectivity index (χ4v) is 3.86. The second-order valence-electron chi connectivity index (χ2n) is 5.65. The quantitative estimate of drug-likeness (QED) is 0.892. The van der Waals surface area contributed by atoms with Crippen LogP contribution in [0.4, 0.5) is 0 Å². The van der Waals surface area contributed by atoms with Gasteiger partial charge >= 0.3 is 0 Å². The summed E-state index contributed by atoms with van der Waals surface area (Å²) in [6.07, 6.45) is 8.85. The largest absolute Gasteiger partial charge is 0.308 e. The summed E-state index contributed by atoms with van der Waals surface area (Å²) in [5.74, 6) is 0. The Labute approximate surface area is 125 Å². The van der Waals surface area contributed by atoms with Crippen molar-refractivity contribution in [2.24, 2.45) is 0 Å². The van der Waals surface area contributed by atoms with Gasteiger partial charge in [0, 0.05) is 18.8 Å². The van der Waals surface area contributed by atoms with E-state index in [1.165, 1.54) is 53.1 Å². The maximum absolute atomic E-state index is 4.57. The number of aryl methyl sites for hydroxylation is 1. The van der Waals surface area contributed by atoms with Crippen molar-refractivity contribution in [2.75, 3.05) is 0 Å². The topological polar surface area (TPSA) is 24.9 Å². The normalized spacial score (nSPS) is 16.4. The molecule has 1 aromatic heterocycles. The highest BCUT2D eigenvalue weighted by Gasteiger charge is 2.13. The third-order valence-electron chi connectivity index (χ3n) is 4.11. The third-order valence-corrected chi connectivity index (χ3v) is 5.14. The number of benzene rings is 1. The third kappa shape index (κ3) is 3.28. The zero-order chi connectivity index (χ0) is 13.8. The first kappa shape index (κ1) is 13.8. The van der Waals surface area contributed by atoms with Gasteiger partial charge in [-0.25, -0.2) is 4.98 Å². The van der Waals surface area contributed by atoms with E-state index in [2.05, 4.69) is 41.5 Å².